The van der Waals surface area contributed by atoms with Gasteiger partial charge in [-0.25, -0.2) is 0 Å². The lowest BCUT2D eigenvalue weighted by Crippen LogP contribution is -2.41. The predicted molar refractivity (Wildman–Crippen MR) is 83.2 cm³/mol. The van der Waals surface area contributed by atoms with Crippen LogP contribution in [0.4, 0.5) is 0 Å². The monoisotopic (exact) mass is 315 g/mol. The molecule has 7 nitrogen and oxygen atoms in total. The van der Waals surface area contributed by atoms with E-state index in [2.05, 4.69) is 20.4 Å². The standard InChI is InChI=1S/C16H21N5O2/c1-21-10-12(8-19-21)16(11-6-14(22)7-11)20-15(23)3-2-13-9-17-4-5-18-13/h4-5,8-11,14,16,22H,2-3,6-7H2,1H3,(H,20,23)/t11?,14?,16-/m0/s1. The van der Waals surface area contributed by atoms with Gasteiger partial charge in [0.2, 0.25) is 5.91 Å². The van der Waals surface area contributed by atoms with Gasteiger partial charge < -0.3 is 10.4 Å². The SMILES string of the molecule is Cn1cc([C@@H](NC(=O)CCc2cnccn2)C2CC(O)C2)cn1. The lowest BCUT2D eigenvalue weighted by atomic mass is 9.75. The zero-order valence-electron chi connectivity index (χ0n) is 13.1. The van der Waals surface area contributed by atoms with E-state index in [0.717, 1.165) is 11.3 Å². The second-order valence-electron chi connectivity index (χ2n) is 6.07. The van der Waals surface area contributed by atoms with E-state index in [4.69, 9.17) is 0 Å². The zero-order valence-corrected chi connectivity index (χ0v) is 13.1. The van der Waals surface area contributed by atoms with Crippen LogP contribution in [0.3, 0.4) is 0 Å². The summed E-state index contributed by atoms with van der Waals surface area (Å²) in [4.78, 5) is 20.5. The van der Waals surface area contributed by atoms with Gasteiger partial charge in [0, 0.05) is 43.8 Å². The van der Waals surface area contributed by atoms with Crippen molar-refractivity contribution in [3.63, 3.8) is 0 Å². The Morgan fingerprint density at radius 1 is 1.43 bits per heavy atom. The summed E-state index contributed by atoms with van der Waals surface area (Å²) in [6, 6.07) is -0.0959. The summed E-state index contributed by atoms with van der Waals surface area (Å²) in [6.07, 6.45) is 10.7. The summed E-state index contributed by atoms with van der Waals surface area (Å²) in [5, 5.41) is 16.8. The summed E-state index contributed by atoms with van der Waals surface area (Å²) in [7, 11) is 1.85. The molecular weight excluding hydrogens is 294 g/mol. The molecule has 1 aliphatic carbocycles. The molecule has 2 heterocycles. The molecule has 0 aliphatic heterocycles. The van der Waals surface area contributed by atoms with E-state index in [9.17, 15) is 9.90 Å². The van der Waals surface area contributed by atoms with Gasteiger partial charge in [0.1, 0.15) is 0 Å². The minimum Gasteiger partial charge on any atom is -0.393 e. The van der Waals surface area contributed by atoms with E-state index in [1.165, 1.54) is 0 Å². The third-order valence-corrected chi connectivity index (χ3v) is 4.25. The van der Waals surface area contributed by atoms with Gasteiger partial charge in [0.25, 0.3) is 0 Å². The third-order valence-electron chi connectivity index (χ3n) is 4.25. The number of rotatable bonds is 6. The number of aromatic nitrogens is 4. The molecule has 0 saturated heterocycles. The molecule has 2 N–H and O–H groups in total. The highest BCUT2D eigenvalue weighted by Gasteiger charge is 2.36. The highest BCUT2D eigenvalue weighted by Crippen LogP contribution is 2.37. The average molecular weight is 315 g/mol. The number of amides is 1. The van der Waals surface area contributed by atoms with E-state index in [1.807, 2.05) is 13.2 Å². The highest BCUT2D eigenvalue weighted by molar-refractivity contribution is 5.76. The summed E-state index contributed by atoms with van der Waals surface area (Å²) in [6.45, 7) is 0. The fourth-order valence-electron chi connectivity index (χ4n) is 2.92. The molecule has 0 radical (unpaired) electrons. The second-order valence-corrected chi connectivity index (χ2v) is 6.07. The molecule has 23 heavy (non-hydrogen) atoms. The van der Waals surface area contributed by atoms with Gasteiger partial charge in [-0.05, 0) is 25.2 Å². The Morgan fingerprint density at radius 2 is 2.26 bits per heavy atom. The lowest BCUT2D eigenvalue weighted by molar-refractivity contribution is -0.123. The van der Waals surface area contributed by atoms with E-state index in [-0.39, 0.29) is 24.0 Å². The van der Waals surface area contributed by atoms with Gasteiger partial charge in [-0.3, -0.25) is 19.4 Å². The number of carbonyl (C=O) groups is 1. The van der Waals surface area contributed by atoms with E-state index >= 15 is 0 Å². The fourth-order valence-corrected chi connectivity index (χ4v) is 2.92. The van der Waals surface area contributed by atoms with Crippen molar-refractivity contribution >= 4 is 5.91 Å². The van der Waals surface area contributed by atoms with Crippen LogP contribution in [0.2, 0.25) is 0 Å². The minimum absolute atomic E-state index is 0.0223. The molecular formula is C16H21N5O2. The first-order valence-electron chi connectivity index (χ1n) is 7.82. The normalized spacial score (nSPS) is 21.5. The molecule has 0 unspecified atom stereocenters. The summed E-state index contributed by atoms with van der Waals surface area (Å²) >= 11 is 0. The summed E-state index contributed by atoms with van der Waals surface area (Å²) in [5.41, 5.74) is 1.79. The van der Waals surface area contributed by atoms with Crippen LogP contribution in [0.15, 0.2) is 31.0 Å². The molecule has 1 saturated carbocycles. The topological polar surface area (TPSA) is 92.9 Å². The van der Waals surface area contributed by atoms with Crippen LogP contribution in [0.1, 0.15) is 36.6 Å². The van der Waals surface area contributed by atoms with Crippen LogP contribution < -0.4 is 5.32 Å². The molecule has 122 valence electrons. The Morgan fingerprint density at radius 3 is 2.87 bits per heavy atom. The van der Waals surface area contributed by atoms with Crippen molar-refractivity contribution in [2.45, 2.75) is 37.8 Å². The molecule has 3 rings (SSSR count). The largest absolute Gasteiger partial charge is 0.393 e. The van der Waals surface area contributed by atoms with Crippen LogP contribution in [-0.2, 0) is 18.3 Å². The van der Waals surface area contributed by atoms with Crippen molar-refractivity contribution in [3.8, 4) is 0 Å². The molecule has 7 heteroatoms. The molecule has 2 aromatic rings. The Bertz CT molecular complexity index is 652. The third kappa shape index (κ3) is 3.92. The molecule has 1 amide bonds. The number of hydrogen-bond acceptors (Lipinski definition) is 5. The molecule has 0 bridgehead atoms. The molecule has 0 spiro atoms. The number of carbonyl (C=O) groups excluding carboxylic acids is 1. The van der Waals surface area contributed by atoms with Crippen molar-refractivity contribution < 1.29 is 9.90 Å². The first-order valence-corrected chi connectivity index (χ1v) is 7.82. The summed E-state index contributed by atoms with van der Waals surface area (Å²) < 4.78 is 1.73. The predicted octanol–water partition coefficient (Wildman–Crippen LogP) is 0.771. The fraction of sp³-hybridized carbons (Fsp3) is 0.500. The lowest BCUT2D eigenvalue weighted by Gasteiger charge is -2.37. The van der Waals surface area contributed by atoms with E-state index in [0.29, 0.717) is 25.7 Å². The van der Waals surface area contributed by atoms with Crippen LogP contribution in [0.5, 0.6) is 0 Å². The maximum Gasteiger partial charge on any atom is 0.220 e. The molecule has 1 aliphatic rings. The van der Waals surface area contributed by atoms with E-state index in [1.54, 1.807) is 29.5 Å². The first-order chi connectivity index (χ1) is 11.1. The first kappa shape index (κ1) is 15.6. The van der Waals surface area contributed by atoms with Gasteiger partial charge in [-0.15, -0.1) is 0 Å². The number of hydrogen-bond donors (Lipinski definition) is 2. The second kappa shape index (κ2) is 6.87. The van der Waals surface area contributed by atoms with Crippen molar-refractivity contribution in [2.24, 2.45) is 13.0 Å². The zero-order chi connectivity index (χ0) is 16.2. The molecule has 1 atom stereocenters. The van der Waals surface area contributed by atoms with Crippen molar-refractivity contribution in [1.82, 2.24) is 25.1 Å². The average Bonchev–Trinajstić information content (AvgIpc) is 2.95. The van der Waals surface area contributed by atoms with Gasteiger partial charge in [-0.1, -0.05) is 0 Å². The van der Waals surface area contributed by atoms with Gasteiger partial charge in [0.15, 0.2) is 0 Å². The van der Waals surface area contributed by atoms with Crippen LogP contribution in [0.25, 0.3) is 0 Å². The number of nitrogens with zero attached hydrogens (tertiary/aromatic N) is 4. The van der Waals surface area contributed by atoms with Crippen molar-refractivity contribution in [3.05, 3.63) is 42.2 Å². The Balaban J connectivity index is 1.60. The number of aliphatic hydroxyl groups excluding tert-OH is 1. The maximum absolute atomic E-state index is 12.3. The quantitative estimate of drug-likeness (QED) is 0.821. The number of aliphatic hydroxyl groups is 1. The van der Waals surface area contributed by atoms with Crippen molar-refractivity contribution in [2.75, 3.05) is 0 Å². The van der Waals surface area contributed by atoms with Gasteiger partial charge in [0.05, 0.1) is 24.0 Å². The minimum atomic E-state index is -0.254. The van der Waals surface area contributed by atoms with Crippen LogP contribution in [-0.4, -0.2) is 36.9 Å². The number of nitrogens with one attached hydrogen (secondary N) is 1. The van der Waals surface area contributed by atoms with Crippen molar-refractivity contribution in [1.29, 1.82) is 0 Å². The molecule has 2 aromatic heterocycles. The van der Waals surface area contributed by atoms with Crippen LogP contribution >= 0.6 is 0 Å². The highest BCUT2D eigenvalue weighted by atomic mass is 16.3. The molecule has 0 aromatic carbocycles. The smallest absolute Gasteiger partial charge is 0.220 e. The van der Waals surface area contributed by atoms with Gasteiger partial charge >= 0.3 is 0 Å². The summed E-state index contributed by atoms with van der Waals surface area (Å²) in [5.74, 6) is 0.237. The Labute approximate surface area is 134 Å². The molecule has 1 fully saturated rings. The van der Waals surface area contributed by atoms with Crippen LogP contribution in [0, 0.1) is 5.92 Å². The van der Waals surface area contributed by atoms with E-state index < -0.39 is 0 Å². The maximum atomic E-state index is 12.3. The Kier molecular flexibility index (Phi) is 4.66. The Hall–Kier alpha value is -2.28. The van der Waals surface area contributed by atoms with Gasteiger partial charge in [-0.2, -0.15) is 5.10 Å². The number of aryl methyl sites for hydroxylation is 2.